The summed E-state index contributed by atoms with van der Waals surface area (Å²) in [4.78, 5) is 36.6. The number of aliphatic carboxylic acids is 1. The average molecular weight is 496 g/mol. The molecule has 0 spiro atoms. The van der Waals surface area contributed by atoms with Gasteiger partial charge in [-0.05, 0) is 87.2 Å². The van der Waals surface area contributed by atoms with Crippen molar-refractivity contribution in [2.24, 2.45) is 23.2 Å². The van der Waals surface area contributed by atoms with Gasteiger partial charge in [0, 0.05) is 6.04 Å². The molecule has 9 heteroatoms. The smallest absolute Gasteiger partial charge is 0.328 e. The van der Waals surface area contributed by atoms with E-state index in [-0.39, 0.29) is 28.2 Å². The molecular formula is C24H31Cl2N3O4. The Balaban J connectivity index is 1.28. The first-order valence-electron chi connectivity index (χ1n) is 11.7. The summed E-state index contributed by atoms with van der Waals surface area (Å²) >= 11 is 12.1. The van der Waals surface area contributed by atoms with Gasteiger partial charge in [0.05, 0.1) is 22.2 Å². The third-order valence-electron chi connectivity index (χ3n) is 7.54. The number of carboxylic acids is 1. The van der Waals surface area contributed by atoms with Gasteiger partial charge in [-0.1, -0.05) is 29.3 Å². The van der Waals surface area contributed by atoms with Crippen molar-refractivity contribution in [3.8, 4) is 0 Å². The Labute approximate surface area is 204 Å². The molecule has 0 saturated heterocycles. The lowest BCUT2D eigenvalue weighted by atomic mass is 9.48. The van der Waals surface area contributed by atoms with Crippen molar-refractivity contribution in [2.45, 2.75) is 64.0 Å². The summed E-state index contributed by atoms with van der Waals surface area (Å²) in [5.41, 5.74) is 0.341. The summed E-state index contributed by atoms with van der Waals surface area (Å²) in [5.74, 6) is 0.570. The van der Waals surface area contributed by atoms with Crippen LogP contribution in [0.5, 0.6) is 0 Å². The molecule has 7 nitrogen and oxygen atoms in total. The number of hydrogen-bond acceptors (Lipinski definition) is 3. The van der Waals surface area contributed by atoms with Gasteiger partial charge >= 0.3 is 12.0 Å². The Morgan fingerprint density at radius 1 is 1.03 bits per heavy atom. The zero-order chi connectivity index (χ0) is 23.8. The van der Waals surface area contributed by atoms with Crippen molar-refractivity contribution in [3.05, 3.63) is 33.8 Å². The van der Waals surface area contributed by atoms with Crippen molar-refractivity contribution in [1.82, 2.24) is 16.0 Å². The highest BCUT2D eigenvalue weighted by atomic mass is 35.5. The molecule has 1 aromatic carbocycles. The van der Waals surface area contributed by atoms with Gasteiger partial charge in [0.15, 0.2) is 0 Å². The molecule has 1 unspecified atom stereocenters. The number of carboxylic acid groups (broad SMARTS) is 1. The second-order valence-corrected chi connectivity index (χ2v) is 11.2. The minimum atomic E-state index is -1.32. The van der Waals surface area contributed by atoms with Gasteiger partial charge in [0.2, 0.25) is 0 Å². The van der Waals surface area contributed by atoms with Crippen LogP contribution in [0.2, 0.25) is 10.0 Å². The maximum Gasteiger partial charge on any atom is 0.328 e. The van der Waals surface area contributed by atoms with Crippen LogP contribution in [-0.2, 0) is 4.79 Å². The van der Waals surface area contributed by atoms with Gasteiger partial charge in [-0.2, -0.15) is 0 Å². The van der Waals surface area contributed by atoms with Crippen molar-refractivity contribution in [3.63, 3.8) is 0 Å². The number of hydrogen-bond donors (Lipinski definition) is 4. The van der Waals surface area contributed by atoms with E-state index in [1.807, 2.05) is 6.92 Å². The Morgan fingerprint density at radius 3 is 2.09 bits per heavy atom. The summed E-state index contributed by atoms with van der Waals surface area (Å²) in [7, 11) is 0. The van der Waals surface area contributed by atoms with Gasteiger partial charge in [0.1, 0.15) is 6.04 Å². The summed E-state index contributed by atoms with van der Waals surface area (Å²) in [6.07, 6.45) is 8.89. The van der Waals surface area contributed by atoms with Gasteiger partial charge in [-0.15, -0.1) is 0 Å². The van der Waals surface area contributed by atoms with Crippen LogP contribution in [0, 0.1) is 23.2 Å². The molecule has 3 amide bonds. The predicted octanol–water partition coefficient (Wildman–Crippen LogP) is 4.47. The number of carbonyl (C=O) groups is 3. The van der Waals surface area contributed by atoms with E-state index < -0.39 is 23.9 Å². The molecule has 4 aliphatic rings. The van der Waals surface area contributed by atoms with Crippen molar-refractivity contribution in [2.75, 3.05) is 6.54 Å². The lowest BCUT2D eigenvalue weighted by molar-refractivity contribution is -0.139. The Morgan fingerprint density at radius 2 is 1.58 bits per heavy atom. The summed E-state index contributed by atoms with van der Waals surface area (Å²) in [6, 6.07) is 2.80. The van der Waals surface area contributed by atoms with Crippen LogP contribution >= 0.6 is 23.2 Å². The van der Waals surface area contributed by atoms with E-state index in [1.54, 1.807) is 6.07 Å². The number of halogens is 2. The molecule has 4 saturated carbocycles. The predicted molar refractivity (Wildman–Crippen MR) is 127 cm³/mol. The van der Waals surface area contributed by atoms with E-state index >= 15 is 0 Å². The third kappa shape index (κ3) is 5.57. The lowest BCUT2D eigenvalue weighted by Crippen LogP contribution is -2.52. The zero-order valence-corrected chi connectivity index (χ0v) is 20.2. The van der Waals surface area contributed by atoms with E-state index in [9.17, 15) is 19.5 Å². The van der Waals surface area contributed by atoms with Crippen LogP contribution in [0.4, 0.5) is 4.79 Å². The normalized spacial score (nSPS) is 29.2. The van der Waals surface area contributed by atoms with Crippen LogP contribution in [-0.4, -0.2) is 41.6 Å². The fraction of sp³-hybridized carbons (Fsp3) is 0.625. The third-order valence-corrected chi connectivity index (χ3v) is 8.17. The molecule has 4 bridgehead atoms. The van der Waals surface area contributed by atoms with Crippen LogP contribution < -0.4 is 16.0 Å². The van der Waals surface area contributed by atoms with E-state index in [0.29, 0.717) is 5.41 Å². The molecule has 180 valence electrons. The van der Waals surface area contributed by atoms with E-state index in [0.717, 1.165) is 24.2 Å². The molecule has 2 atom stereocenters. The molecule has 33 heavy (non-hydrogen) atoms. The van der Waals surface area contributed by atoms with Gasteiger partial charge in [-0.25, -0.2) is 9.59 Å². The molecule has 4 N–H and O–H groups in total. The fourth-order valence-corrected chi connectivity index (χ4v) is 7.42. The largest absolute Gasteiger partial charge is 0.480 e. The van der Waals surface area contributed by atoms with Crippen molar-refractivity contribution in [1.29, 1.82) is 0 Å². The second kappa shape index (κ2) is 9.71. The first-order valence-corrected chi connectivity index (χ1v) is 12.4. The molecule has 4 fully saturated rings. The number of nitrogens with one attached hydrogen (secondary N) is 3. The first kappa shape index (κ1) is 24.1. The Bertz CT molecular complexity index is 883. The fourth-order valence-electron chi connectivity index (χ4n) is 6.86. The standard InChI is InChI=1S/C24H31Cl2N3O4/c1-13(8-24-9-14-5-15(10-24)7-16(6-14)11-24)28-23(33)27-12-19(22(31)32)29-21(30)20-17(25)3-2-4-18(20)26/h2-4,13-16,19H,5-12H2,1H3,(H,29,30)(H,31,32)(H2,27,28,33)/t13?,14?,15?,16?,19-,24?/m0/s1. The Kier molecular flexibility index (Phi) is 7.10. The molecule has 0 radical (unpaired) electrons. The summed E-state index contributed by atoms with van der Waals surface area (Å²) in [6.45, 7) is 1.74. The SMILES string of the molecule is CC(CC12CC3CC(CC(C3)C1)C2)NC(=O)NC[C@H](NC(=O)c1c(Cl)cccc1Cl)C(=O)O. The van der Waals surface area contributed by atoms with Crippen molar-refractivity contribution < 1.29 is 19.5 Å². The first-order chi connectivity index (χ1) is 15.6. The highest BCUT2D eigenvalue weighted by Crippen LogP contribution is 2.61. The second-order valence-electron chi connectivity index (χ2n) is 10.3. The molecule has 1 aromatic rings. The van der Waals surface area contributed by atoms with Gasteiger partial charge < -0.3 is 21.1 Å². The zero-order valence-electron chi connectivity index (χ0n) is 18.7. The van der Waals surface area contributed by atoms with Crippen LogP contribution in [0.25, 0.3) is 0 Å². The van der Waals surface area contributed by atoms with Crippen LogP contribution in [0.15, 0.2) is 18.2 Å². The quantitative estimate of drug-likeness (QED) is 0.426. The molecular weight excluding hydrogens is 465 g/mol. The lowest BCUT2D eigenvalue weighted by Gasteiger charge is -2.57. The molecule has 5 rings (SSSR count). The maximum absolute atomic E-state index is 12.5. The number of benzene rings is 1. The molecule has 0 heterocycles. The minimum Gasteiger partial charge on any atom is -0.480 e. The Hall–Kier alpha value is -1.99. The highest BCUT2D eigenvalue weighted by molar-refractivity contribution is 6.39. The van der Waals surface area contributed by atoms with E-state index in [2.05, 4.69) is 16.0 Å². The monoisotopic (exact) mass is 495 g/mol. The average Bonchev–Trinajstić information content (AvgIpc) is 2.69. The summed E-state index contributed by atoms with van der Waals surface area (Å²) < 4.78 is 0. The molecule has 0 aliphatic heterocycles. The van der Waals surface area contributed by atoms with Gasteiger partial charge in [0.25, 0.3) is 5.91 Å². The summed E-state index contributed by atoms with van der Waals surface area (Å²) in [5, 5.41) is 17.6. The van der Waals surface area contributed by atoms with Crippen molar-refractivity contribution >= 4 is 41.1 Å². The molecule has 0 aromatic heterocycles. The van der Waals surface area contributed by atoms with Crippen LogP contribution in [0.1, 0.15) is 62.2 Å². The van der Waals surface area contributed by atoms with Gasteiger partial charge in [-0.3, -0.25) is 4.79 Å². The maximum atomic E-state index is 12.5. The number of rotatable bonds is 8. The number of urea groups is 1. The number of carbonyl (C=O) groups excluding carboxylic acids is 2. The van der Waals surface area contributed by atoms with E-state index in [1.165, 1.54) is 50.7 Å². The highest BCUT2D eigenvalue weighted by Gasteiger charge is 2.51. The number of amides is 3. The van der Waals surface area contributed by atoms with Crippen LogP contribution in [0.3, 0.4) is 0 Å². The van der Waals surface area contributed by atoms with E-state index in [4.69, 9.17) is 23.2 Å². The molecule has 4 aliphatic carbocycles. The minimum absolute atomic E-state index is 0.000676. The topological polar surface area (TPSA) is 108 Å².